The lowest BCUT2D eigenvalue weighted by Crippen LogP contribution is -2.53. The van der Waals surface area contributed by atoms with Crippen LogP contribution >= 0.6 is 0 Å². The SMILES string of the molecule is COCCOc1cccc(NC(=O)C2NCCCC2(C)C)c1. The molecule has 0 saturated carbocycles. The van der Waals surface area contributed by atoms with E-state index in [4.69, 9.17) is 9.47 Å². The number of rotatable bonds is 6. The minimum Gasteiger partial charge on any atom is -0.491 e. The van der Waals surface area contributed by atoms with Gasteiger partial charge in [-0.25, -0.2) is 0 Å². The number of nitrogens with one attached hydrogen (secondary N) is 2. The summed E-state index contributed by atoms with van der Waals surface area (Å²) in [5.74, 6) is 0.740. The highest BCUT2D eigenvalue weighted by Crippen LogP contribution is 2.31. The lowest BCUT2D eigenvalue weighted by Gasteiger charge is -2.38. The molecule has 1 unspecified atom stereocenters. The fraction of sp³-hybridized carbons (Fsp3) is 0.588. The molecule has 0 aliphatic carbocycles. The number of piperidine rings is 1. The van der Waals surface area contributed by atoms with E-state index in [1.807, 2.05) is 24.3 Å². The highest BCUT2D eigenvalue weighted by molar-refractivity contribution is 5.95. The van der Waals surface area contributed by atoms with E-state index >= 15 is 0 Å². The van der Waals surface area contributed by atoms with Crippen molar-refractivity contribution in [3.63, 3.8) is 0 Å². The molecule has 2 N–H and O–H groups in total. The summed E-state index contributed by atoms with van der Waals surface area (Å²) < 4.78 is 10.5. The van der Waals surface area contributed by atoms with Crippen LogP contribution in [0.1, 0.15) is 26.7 Å². The maximum absolute atomic E-state index is 12.5. The number of methoxy groups -OCH3 is 1. The lowest BCUT2D eigenvalue weighted by molar-refractivity contribution is -0.121. The van der Waals surface area contributed by atoms with Gasteiger partial charge in [-0.3, -0.25) is 4.79 Å². The summed E-state index contributed by atoms with van der Waals surface area (Å²) in [6.45, 7) is 6.19. The van der Waals surface area contributed by atoms with Gasteiger partial charge in [0.15, 0.2) is 0 Å². The first-order valence-electron chi connectivity index (χ1n) is 7.79. The maximum Gasteiger partial charge on any atom is 0.242 e. The molecular weight excluding hydrogens is 280 g/mol. The molecule has 1 heterocycles. The topological polar surface area (TPSA) is 59.6 Å². The van der Waals surface area contributed by atoms with E-state index < -0.39 is 0 Å². The number of hydrogen-bond donors (Lipinski definition) is 2. The van der Waals surface area contributed by atoms with Crippen molar-refractivity contribution >= 4 is 11.6 Å². The molecule has 1 aromatic rings. The summed E-state index contributed by atoms with van der Waals surface area (Å²) in [6.07, 6.45) is 2.16. The van der Waals surface area contributed by atoms with Gasteiger partial charge in [0.2, 0.25) is 5.91 Å². The monoisotopic (exact) mass is 306 g/mol. The second-order valence-corrected chi connectivity index (χ2v) is 6.34. The third-order valence-corrected chi connectivity index (χ3v) is 4.05. The average Bonchev–Trinajstić information content (AvgIpc) is 2.47. The number of ether oxygens (including phenoxy) is 2. The maximum atomic E-state index is 12.5. The number of benzene rings is 1. The Morgan fingerprint density at radius 2 is 2.23 bits per heavy atom. The van der Waals surface area contributed by atoms with Gasteiger partial charge in [-0.2, -0.15) is 0 Å². The average molecular weight is 306 g/mol. The van der Waals surface area contributed by atoms with Crippen molar-refractivity contribution in [1.29, 1.82) is 0 Å². The van der Waals surface area contributed by atoms with Gasteiger partial charge in [-0.05, 0) is 36.9 Å². The Morgan fingerprint density at radius 3 is 2.95 bits per heavy atom. The van der Waals surface area contributed by atoms with E-state index in [0.29, 0.717) is 13.2 Å². The van der Waals surface area contributed by atoms with E-state index in [2.05, 4.69) is 24.5 Å². The molecule has 1 atom stereocenters. The van der Waals surface area contributed by atoms with Gasteiger partial charge in [0.25, 0.3) is 0 Å². The van der Waals surface area contributed by atoms with Gasteiger partial charge in [0.05, 0.1) is 12.6 Å². The Bertz CT molecular complexity index is 502. The molecular formula is C17H26N2O3. The van der Waals surface area contributed by atoms with Crippen molar-refractivity contribution < 1.29 is 14.3 Å². The summed E-state index contributed by atoms with van der Waals surface area (Å²) in [4.78, 5) is 12.5. The normalized spacial score (nSPS) is 20.4. The quantitative estimate of drug-likeness (QED) is 0.793. The molecule has 0 spiro atoms. The summed E-state index contributed by atoms with van der Waals surface area (Å²) in [7, 11) is 1.64. The largest absolute Gasteiger partial charge is 0.491 e. The van der Waals surface area contributed by atoms with Gasteiger partial charge >= 0.3 is 0 Å². The van der Waals surface area contributed by atoms with E-state index in [9.17, 15) is 4.79 Å². The van der Waals surface area contributed by atoms with Crippen molar-refractivity contribution in [3.05, 3.63) is 24.3 Å². The van der Waals surface area contributed by atoms with Crippen molar-refractivity contribution in [2.45, 2.75) is 32.7 Å². The van der Waals surface area contributed by atoms with Crippen LogP contribution in [0.3, 0.4) is 0 Å². The first-order valence-corrected chi connectivity index (χ1v) is 7.79. The van der Waals surface area contributed by atoms with E-state index in [1.54, 1.807) is 7.11 Å². The highest BCUT2D eigenvalue weighted by Gasteiger charge is 2.37. The molecule has 1 aliphatic rings. The van der Waals surface area contributed by atoms with E-state index in [0.717, 1.165) is 30.8 Å². The van der Waals surface area contributed by atoms with Crippen LogP contribution in [0.4, 0.5) is 5.69 Å². The van der Waals surface area contributed by atoms with Crippen LogP contribution in [-0.4, -0.2) is 38.8 Å². The summed E-state index contributed by atoms with van der Waals surface area (Å²) >= 11 is 0. The Morgan fingerprint density at radius 1 is 1.41 bits per heavy atom. The summed E-state index contributed by atoms with van der Waals surface area (Å²) in [5, 5.41) is 6.31. The minimum absolute atomic E-state index is 0.0127. The minimum atomic E-state index is -0.167. The van der Waals surface area contributed by atoms with Crippen LogP contribution < -0.4 is 15.4 Å². The second-order valence-electron chi connectivity index (χ2n) is 6.34. The number of carbonyl (C=O) groups excluding carboxylic acids is 1. The molecule has 1 amide bonds. The van der Waals surface area contributed by atoms with Gasteiger partial charge in [0, 0.05) is 18.9 Å². The molecule has 122 valence electrons. The Labute approximate surface area is 132 Å². The molecule has 5 nitrogen and oxygen atoms in total. The molecule has 2 rings (SSSR count). The number of carbonyl (C=O) groups is 1. The van der Waals surface area contributed by atoms with Crippen molar-refractivity contribution in [1.82, 2.24) is 5.32 Å². The first kappa shape index (κ1) is 16.8. The van der Waals surface area contributed by atoms with E-state index in [1.165, 1.54) is 0 Å². The highest BCUT2D eigenvalue weighted by atomic mass is 16.5. The zero-order valence-electron chi connectivity index (χ0n) is 13.6. The van der Waals surface area contributed by atoms with Gasteiger partial charge in [0.1, 0.15) is 12.4 Å². The van der Waals surface area contributed by atoms with E-state index in [-0.39, 0.29) is 17.4 Å². The summed E-state index contributed by atoms with van der Waals surface area (Å²) in [5.41, 5.74) is 0.720. The van der Waals surface area contributed by atoms with Crippen LogP contribution in [0, 0.1) is 5.41 Å². The zero-order valence-corrected chi connectivity index (χ0v) is 13.6. The Hall–Kier alpha value is -1.59. The van der Waals surface area contributed by atoms with Crippen LogP contribution in [0.25, 0.3) is 0 Å². The van der Waals surface area contributed by atoms with Crippen molar-refractivity contribution in [2.24, 2.45) is 5.41 Å². The fourth-order valence-corrected chi connectivity index (χ4v) is 2.78. The number of hydrogen-bond acceptors (Lipinski definition) is 4. The van der Waals surface area contributed by atoms with Gasteiger partial charge in [-0.1, -0.05) is 19.9 Å². The predicted octanol–water partition coefficient (Wildman–Crippen LogP) is 2.43. The Balaban J connectivity index is 1.97. The smallest absolute Gasteiger partial charge is 0.242 e. The van der Waals surface area contributed by atoms with Crippen LogP contribution in [-0.2, 0) is 9.53 Å². The third kappa shape index (κ3) is 4.45. The molecule has 22 heavy (non-hydrogen) atoms. The molecule has 1 fully saturated rings. The predicted molar refractivity (Wildman–Crippen MR) is 87.2 cm³/mol. The first-order chi connectivity index (χ1) is 10.5. The van der Waals surface area contributed by atoms with Crippen LogP contribution in [0.5, 0.6) is 5.75 Å². The summed E-state index contributed by atoms with van der Waals surface area (Å²) in [6, 6.07) is 7.28. The standard InChI is InChI=1S/C17H26N2O3/c1-17(2)8-5-9-18-15(17)16(20)19-13-6-4-7-14(12-13)22-11-10-21-3/h4,6-7,12,15,18H,5,8-11H2,1-3H3,(H,19,20). The number of amides is 1. The van der Waals surface area contributed by atoms with Crippen molar-refractivity contribution in [3.8, 4) is 5.75 Å². The van der Waals surface area contributed by atoms with Crippen LogP contribution in [0.15, 0.2) is 24.3 Å². The lowest BCUT2D eigenvalue weighted by atomic mass is 9.77. The van der Waals surface area contributed by atoms with Crippen molar-refractivity contribution in [2.75, 3.05) is 32.2 Å². The Kier molecular flexibility index (Phi) is 5.80. The second kappa shape index (κ2) is 7.61. The molecule has 1 saturated heterocycles. The molecule has 1 aliphatic heterocycles. The molecule has 0 bridgehead atoms. The van der Waals surface area contributed by atoms with Crippen LogP contribution in [0.2, 0.25) is 0 Å². The molecule has 5 heteroatoms. The van der Waals surface area contributed by atoms with Gasteiger partial charge in [-0.15, -0.1) is 0 Å². The molecule has 1 aromatic carbocycles. The third-order valence-electron chi connectivity index (χ3n) is 4.05. The molecule has 0 aromatic heterocycles. The van der Waals surface area contributed by atoms with Gasteiger partial charge < -0.3 is 20.1 Å². The molecule has 0 radical (unpaired) electrons. The number of anilines is 1. The fourth-order valence-electron chi connectivity index (χ4n) is 2.78. The zero-order chi connectivity index (χ0) is 16.0.